The molecule has 0 spiro atoms. The third-order valence-corrected chi connectivity index (χ3v) is 4.98. The Balaban J connectivity index is 2.15. The molecule has 0 atom stereocenters. The predicted molar refractivity (Wildman–Crippen MR) is 99.5 cm³/mol. The molecule has 0 unspecified atom stereocenters. The fourth-order valence-corrected chi connectivity index (χ4v) is 3.47. The van der Waals surface area contributed by atoms with E-state index in [2.05, 4.69) is 4.74 Å². The maximum atomic E-state index is 14.9. The number of nitrogens with one attached hydrogen (secondary N) is 1. The number of nitrogens with zero attached hydrogens (tertiary/aromatic N) is 1. The molecule has 29 heavy (non-hydrogen) atoms. The zero-order chi connectivity index (χ0) is 21.6. The molecule has 10 heteroatoms. The SMILES string of the molecule is CCOC(=O)[C@H]1CC[C@H](Cc2ccc([N+](=O)[O-])c(NC(=O)C(=O)OC)c2F)CC1. The van der Waals surface area contributed by atoms with Crippen LogP contribution >= 0.6 is 0 Å². The van der Waals surface area contributed by atoms with Gasteiger partial charge < -0.3 is 14.8 Å². The first-order valence-corrected chi connectivity index (χ1v) is 9.30. The lowest BCUT2D eigenvalue weighted by Gasteiger charge is -2.27. The second-order valence-electron chi connectivity index (χ2n) is 6.81. The lowest BCUT2D eigenvalue weighted by molar-refractivity contribution is -0.384. The molecular formula is C19H23FN2O7. The standard InChI is InChI=1S/C19H23FN2O7/c1-3-29-18(24)12-6-4-11(5-7-12)10-13-8-9-14(22(26)27)16(15(13)20)21-17(23)19(25)28-2/h8-9,11-12H,3-7,10H2,1-2H3,(H,21,23)/t11-,12-. The number of methoxy groups -OCH3 is 1. The molecule has 1 fully saturated rings. The van der Waals surface area contributed by atoms with Crippen LogP contribution in [0.4, 0.5) is 15.8 Å². The van der Waals surface area contributed by atoms with Crippen molar-refractivity contribution in [2.24, 2.45) is 11.8 Å². The molecule has 0 aliphatic heterocycles. The monoisotopic (exact) mass is 410 g/mol. The molecule has 1 aromatic carbocycles. The lowest BCUT2D eigenvalue weighted by atomic mass is 9.79. The van der Waals surface area contributed by atoms with Crippen LogP contribution in [-0.4, -0.2) is 36.5 Å². The van der Waals surface area contributed by atoms with Gasteiger partial charge in [-0.25, -0.2) is 9.18 Å². The molecule has 0 saturated heterocycles. The van der Waals surface area contributed by atoms with Crippen molar-refractivity contribution in [1.82, 2.24) is 0 Å². The van der Waals surface area contributed by atoms with E-state index >= 15 is 0 Å². The molecule has 1 aromatic rings. The number of hydrogen-bond donors (Lipinski definition) is 1. The Morgan fingerprint density at radius 1 is 1.24 bits per heavy atom. The summed E-state index contributed by atoms with van der Waals surface area (Å²) in [6, 6.07) is 2.40. The molecule has 0 radical (unpaired) electrons. The van der Waals surface area contributed by atoms with E-state index in [-0.39, 0.29) is 23.4 Å². The molecule has 1 saturated carbocycles. The van der Waals surface area contributed by atoms with E-state index in [0.29, 0.717) is 38.7 Å². The fraction of sp³-hybridized carbons (Fsp3) is 0.526. The predicted octanol–water partition coefficient (Wildman–Crippen LogP) is 2.76. The quantitative estimate of drug-likeness (QED) is 0.331. The Hall–Kier alpha value is -3.04. The summed E-state index contributed by atoms with van der Waals surface area (Å²) in [6.07, 6.45) is 2.92. The third-order valence-electron chi connectivity index (χ3n) is 4.98. The average molecular weight is 410 g/mol. The van der Waals surface area contributed by atoms with Gasteiger partial charge in [-0.15, -0.1) is 0 Å². The minimum Gasteiger partial charge on any atom is -0.466 e. The first kappa shape index (κ1) is 22.3. The van der Waals surface area contributed by atoms with E-state index in [1.807, 2.05) is 5.32 Å². The second-order valence-corrected chi connectivity index (χ2v) is 6.81. The highest BCUT2D eigenvalue weighted by atomic mass is 19.1. The molecule has 0 heterocycles. The van der Waals surface area contributed by atoms with Crippen molar-refractivity contribution in [3.05, 3.63) is 33.6 Å². The number of carbonyl (C=O) groups excluding carboxylic acids is 3. The highest BCUT2D eigenvalue weighted by Crippen LogP contribution is 2.35. The third kappa shape index (κ3) is 5.49. The van der Waals surface area contributed by atoms with E-state index in [1.54, 1.807) is 6.92 Å². The number of esters is 2. The average Bonchev–Trinajstić information content (AvgIpc) is 2.70. The van der Waals surface area contributed by atoms with Gasteiger partial charge in [-0.3, -0.25) is 19.7 Å². The molecule has 1 N–H and O–H groups in total. The van der Waals surface area contributed by atoms with Crippen molar-refractivity contribution in [3.8, 4) is 0 Å². The van der Waals surface area contributed by atoms with Gasteiger partial charge in [0.2, 0.25) is 0 Å². The highest BCUT2D eigenvalue weighted by molar-refractivity contribution is 6.37. The second kappa shape index (κ2) is 9.94. The van der Waals surface area contributed by atoms with Crippen LogP contribution < -0.4 is 5.32 Å². The topological polar surface area (TPSA) is 125 Å². The lowest BCUT2D eigenvalue weighted by Crippen LogP contribution is -2.26. The first-order chi connectivity index (χ1) is 13.8. The van der Waals surface area contributed by atoms with Crippen molar-refractivity contribution in [2.45, 2.75) is 39.0 Å². The summed E-state index contributed by atoms with van der Waals surface area (Å²) < 4.78 is 24.2. The molecule has 1 amide bonds. The maximum absolute atomic E-state index is 14.9. The minimum atomic E-state index is -1.30. The highest BCUT2D eigenvalue weighted by Gasteiger charge is 2.30. The number of ether oxygens (including phenoxy) is 2. The Morgan fingerprint density at radius 2 is 1.90 bits per heavy atom. The summed E-state index contributed by atoms with van der Waals surface area (Å²) in [6.45, 7) is 2.07. The van der Waals surface area contributed by atoms with Gasteiger partial charge in [-0.05, 0) is 56.6 Å². The first-order valence-electron chi connectivity index (χ1n) is 9.30. The maximum Gasteiger partial charge on any atom is 0.396 e. The molecule has 1 aliphatic carbocycles. The minimum absolute atomic E-state index is 0.0841. The molecule has 0 bridgehead atoms. The van der Waals surface area contributed by atoms with Crippen LogP contribution in [0.15, 0.2) is 12.1 Å². The summed E-state index contributed by atoms with van der Waals surface area (Å²) in [5, 5.41) is 13.1. The van der Waals surface area contributed by atoms with Gasteiger partial charge in [0.25, 0.3) is 5.69 Å². The Bertz CT molecular complexity index is 804. The molecule has 2 rings (SSSR count). The van der Waals surface area contributed by atoms with Gasteiger partial charge >= 0.3 is 17.8 Å². The summed E-state index contributed by atoms with van der Waals surface area (Å²) in [5.74, 6) is -3.85. The van der Waals surface area contributed by atoms with E-state index < -0.39 is 34.0 Å². The van der Waals surface area contributed by atoms with Crippen LogP contribution in [0.25, 0.3) is 0 Å². The van der Waals surface area contributed by atoms with Gasteiger partial charge in [0.05, 0.1) is 24.6 Å². The largest absolute Gasteiger partial charge is 0.466 e. The van der Waals surface area contributed by atoms with Crippen LogP contribution in [-0.2, 0) is 30.3 Å². The number of anilines is 1. The van der Waals surface area contributed by atoms with Crippen molar-refractivity contribution in [2.75, 3.05) is 19.0 Å². The van der Waals surface area contributed by atoms with E-state index in [4.69, 9.17) is 4.74 Å². The Labute approximate surface area is 166 Å². The van der Waals surface area contributed by atoms with Gasteiger partial charge in [0, 0.05) is 6.07 Å². The van der Waals surface area contributed by atoms with E-state index in [1.165, 1.54) is 6.07 Å². The Kier molecular flexibility index (Phi) is 7.63. The summed E-state index contributed by atoms with van der Waals surface area (Å²) in [5.41, 5.74) is -1.13. The number of carbonyl (C=O) groups is 3. The summed E-state index contributed by atoms with van der Waals surface area (Å²) in [4.78, 5) is 45.1. The number of halogens is 1. The molecule has 158 valence electrons. The molecule has 9 nitrogen and oxygen atoms in total. The Morgan fingerprint density at radius 3 is 2.45 bits per heavy atom. The number of rotatable bonds is 6. The van der Waals surface area contributed by atoms with Crippen LogP contribution in [0.2, 0.25) is 0 Å². The molecule has 1 aliphatic rings. The van der Waals surface area contributed by atoms with Crippen molar-refractivity contribution >= 4 is 29.2 Å². The van der Waals surface area contributed by atoms with E-state index in [0.717, 1.165) is 13.2 Å². The van der Waals surface area contributed by atoms with Gasteiger partial charge in [0.15, 0.2) is 11.5 Å². The van der Waals surface area contributed by atoms with Crippen LogP contribution in [0, 0.1) is 27.8 Å². The number of nitro groups is 1. The van der Waals surface area contributed by atoms with E-state index in [9.17, 15) is 28.9 Å². The van der Waals surface area contributed by atoms with Crippen molar-refractivity contribution in [1.29, 1.82) is 0 Å². The number of amides is 1. The number of benzene rings is 1. The van der Waals surface area contributed by atoms with Crippen LogP contribution in [0.5, 0.6) is 0 Å². The van der Waals surface area contributed by atoms with Crippen molar-refractivity contribution in [3.63, 3.8) is 0 Å². The fourth-order valence-electron chi connectivity index (χ4n) is 3.47. The number of hydrogen-bond acceptors (Lipinski definition) is 7. The summed E-state index contributed by atoms with van der Waals surface area (Å²) >= 11 is 0. The van der Waals surface area contributed by atoms with Gasteiger partial charge in [-0.2, -0.15) is 0 Å². The van der Waals surface area contributed by atoms with Crippen LogP contribution in [0.3, 0.4) is 0 Å². The smallest absolute Gasteiger partial charge is 0.396 e. The van der Waals surface area contributed by atoms with Crippen molar-refractivity contribution < 1.29 is 33.2 Å². The van der Waals surface area contributed by atoms with Crippen LogP contribution in [0.1, 0.15) is 38.2 Å². The molecular weight excluding hydrogens is 387 g/mol. The summed E-state index contributed by atoms with van der Waals surface area (Å²) in [7, 11) is 0.968. The van der Waals surface area contributed by atoms with Gasteiger partial charge in [0.1, 0.15) is 0 Å². The molecule has 0 aromatic heterocycles. The normalized spacial score (nSPS) is 18.6. The number of nitro benzene ring substituents is 1. The van der Waals surface area contributed by atoms with Gasteiger partial charge in [-0.1, -0.05) is 0 Å². The zero-order valence-corrected chi connectivity index (χ0v) is 16.2. The zero-order valence-electron chi connectivity index (χ0n) is 16.2.